The van der Waals surface area contributed by atoms with E-state index in [1.54, 1.807) is 6.20 Å². The molecule has 2 aliphatic heterocycles. The van der Waals surface area contributed by atoms with Gasteiger partial charge in [0.05, 0.1) is 18.9 Å². The van der Waals surface area contributed by atoms with Gasteiger partial charge in [0.25, 0.3) is 0 Å². The van der Waals surface area contributed by atoms with Crippen molar-refractivity contribution < 1.29 is 4.74 Å². The zero-order valence-corrected chi connectivity index (χ0v) is 18.3. The molecule has 0 saturated carbocycles. The van der Waals surface area contributed by atoms with Crippen LogP contribution in [0.25, 0.3) is 11.1 Å². The molecule has 0 radical (unpaired) electrons. The number of anilines is 3. The van der Waals surface area contributed by atoms with Gasteiger partial charge in [-0.15, -0.1) is 0 Å². The van der Waals surface area contributed by atoms with Crippen LogP contribution in [0.2, 0.25) is 0 Å². The van der Waals surface area contributed by atoms with E-state index in [1.807, 2.05) is 31.5 Å². The van der Waals surface area contributed by atoms with Gasteiger partial charge in [-0.25, -0.2) is 19.9 Å². The van der Waals surface area contributed by atoms with Crippen LogP contribution in [0.3, 0.4) is 0 Å². The average molecular weight is 433 g/mol. The normalized spacial score (nSPS) is 19.2. The molecule has 0 aliphatic carbocycles. The third-order valence-electron chi connectivity index (χ3n) is 6.05. The summed E-state index contributed by atoms with van der Waals surface area (Å²) in [4.78, 5) is 27.5. The third kappa shape index (κ3) is 4.34. The molecule has 32 heavy (non-hydrogen) atoms. The molecule has 9 heteroatoms. The standard InChI is InChI=1S/C23H28N8O/c1-16-27-20(24)12-21(28-16)31-7-3-5-18(15-31)22-19(17-4-2-6-25-13-17)14-26-23(29-22)30-8-10-32-11-9-30/h2,4,6,12-14,18H,3,5,7-11,15H2,1H3,(H2,24,27,28). The van der Waals surface area contributed by atoms with E-state index < -0.39 is 0 Å². The Morgan fingerprint density at radius 1 is 1.06 bits per heavy atom. The molecule has 0 amide bonds. The number of ether oxygens (including phenoxy) is 1. The van der Waals surface area contributed by atoms with Gasteiger partial charge in [-0.1, -0.05) is 6.07 Å². The summed E-state index contributed by atoms with van der Waals surface area (Å²) >= 11 is 0. The van der Waals surface area contributed by atoms with Crippen molar-refractivity contribution in [2.45, 2.75) is 25.7 Å². The number of nitrogens with two attached hydrogens (primary N) is 1. The lowest BCUT2D eigenvalue weighted by molar-refractivity contribution is 0.122. The van der Waals surface area contributed by atoms with Crippen molar-refractivity contribution in [2.75, 3.05) is 54.9 Å². The van der Waals surface area contributed by atoms with Gasteiger partial charge in [0, 0.05) is 67.9 Å². The molecule has 2 aliphatic rings. The maximum Gasteiger partial charge on any atom is 0.225 e. The molecule has 3 aromatic rings. The van der Waals surface area contributed by atoms with Crippen molar-refractivity contribution in [1.29, 1.82) is 0 Å². The number of morpholine rings is 1. The molecular formula is C23H28N8O. The molecule has 5 heterocycles. The second-order valence-electron chi connectivity index (χ2n) is 8.29. The maximum atomic E-state index is 5.99. The highest BCUT2D eigenvalue weighted by atomic mass is 16.5. The molecule has 9 nitrogen and oxygen atoms in total. The smallest absolute Gasteiger partial charge is 0.225 e. The van der Waals surface area contributed by atoms with Crippen LogP contribution in [0.15, 0.2) is 36.8 Å². The Kier molecular flexibility index (Phi) is 5.81. The van der Waals surface area contributed by atoms with Crippen molar-refractivity contribution in [3.63, 3.8) is 0 Å². The second kappa shape index (κ2) is 9.04. The first-order valence-corrected chi connectivity index (χ1v) is 11.1. The lowest BCUT2D eigenvalue weighted by atomic mass is 9.90. The van der Waals surface area contributed by atoms with Gasteiger partial charge in [0.2, 0.25) is 5.95 Å². The second-order valence-corrected chi connectivity index (χ2v) is 8.29. The van der Waals surface area contributed by atoms with Crippen LogP contribution in [0.1, 0.15) is 30.3 Å². The van der Waals surface area contributed by atoms with Gasteiger partial charge in [0.1, 0.15) is 17.5 Å². The highest BCUT2D eigenvalue weighted by Gasteiger charge is 2.28. The highest BCUT2D eigenvalue weighted by Crippen LogP contribution is 2.35. The van der Waals surface area contributed by atoms with Crippen LogP contribution in [0, 0.1) is 6.92 Å². The monoisotopic (exact) mass is 432 g/mol. The van der Waals surface area contributed by atoms with E-state index in [4.69, 9.17) is 20.4 Å². The summed E-state index contributed by atoms with van der Waals surface area (Å²) < 4.78 is 5.51. The van der Waals surface area contributed by atoms with E-state index in [9.17, 15) is 0 Å². The minimum absolute atomic E-state index is 0.248. The summed E-state index contributed by atoms with van der Waals surface area (Å²) in [5, 5.41) is 0. The zero-order chi connectivity index (χ0) is 21.9. The number of hydrogen-bond donors (Lipinski definition) is 1. The maximum absolute atomic E-state index is 5.99. The van der Waals surface area contributed by atoms with E-state index in [1.165, 1.54) is 0 Å². The van der Waals surface area contributed by atoms with Crippen LogP contribution in [-0.2, 0) is 4.74 Å². The molecular weight excluding hydrogens is 404 g/mol. The Bertz CT molecular complexity index is 1050. The van der Waals surface area contributed by atoms with E-state index in [-0.39, 0.29) is 5.92 Å². The van der Waals surface area contributed by atoms with Gasteiger partial charge >= 0.3 is 0 Å². The molecule has 1 unspecified atom stereocenters. The van der Waals surface area contributed by atoms with Crippen molar-refractivity contribution in [1.82, 2.24) is 24.9 Å². The SMILES string of the molecule is Cc1nc(N)cc(N2CCCC(c3nc(N4CCOCC4)ncc3-c3cccnc3)C2)n1. The topological polar surface area (TPSA) is 106 Å². The van der Waals surface area contributed by atoms with Crippen LogP contribution in [0.5, 0.6) is 0 Å². The Morgan fingerprint density at radius 2 is 1.94 bits per heavy atom. The number of pyridine rings is 1. The molecule has 2 saturated heterocycles. The summed E-state index contributed by atoms with van der Waals surface area (Å²) in [6.45, 7) is 6.66. The van der Waals surface area contributed by atoms with Crippen LogP contribution in [0.4, 0.5) is 17.6 Å². The van der Waals surface area contributed by atoms with Crippen molar-refractivity contribution in [3.8, 4) is 11.1 Å². The Hall–Kier alpha value is -3.33. The first-order chi connectivity index (χ1) is 15.7. The molecule has 1 atom stereocenters. The quantitative estimate of drug-likeness (QED) is 0.665. The number of hydrogen-bond acceptors (Lipinski definition) is 9. The summed E-state index contributed by atoms with van der Waals surface area (Å²) in [7, 11) is 0. The summed E-state index contributed by atoms with van der Waals surface area (Å²) in [6.07, 6.45) is 7.73. The molecule has 166 valence electrons. The van der Waals surface area contributed by atoms with Crippen molar-refractivity contribution in [3.05, 3.63) is 48.3 Å². The van der Waals surface area contributed by atoms with E-state index in [0.717, 1.165) is 67.6 Å². The first kappa shape index (κ1) is 20.6. The fraction of sp³-hybridized carbons (Fsp3) is 0.435. The largest absolute Gasteiger partial charge is 0.384 e. The van der Waals surface area contributed by atoms with Crippen LogP contribution < -0.4 is 15.5 Å². The first-order valence-electron chi connectivity index (χ1n) is 11.1. The van der Waals surface area contributed by atoms with Gasteiger partial charge < -0.3 is 20.3 Å². The fourth-order valence-electron chi connectivity index (χ4n) is 4.50. The Morgan fingerprint density at radius 3 is 2.72 bits per heavy atom. The number of rotatable bonds is 4. The average Bonchev–Trinajstić information content (AvgIpc) is 2.84. The molecule has 5 rings (SSSR count). The van der Waals surface area contributed by atoms with Crippen molar-refractivity contribution >= 4 is 17.6 Å². The summed E-state index contributed by atoms with van der Waals surface area (Å²) in [5.41, 5.74) is 9.14. The summed E-state index contributed by atoms with van der Waals surface area (Å²) in [6, 6.07) is 5.88. The summed E-state index contributed by atoms with van der Waals surface area (Å²) in [5.74, 6) is 3.09. The van der Waals surface area contributed by atoms with Gasteiger partial charge in [-0.3, -0.25) is 4.98 Å². The number of aromatic nitrogens is 5. The molecule has 2 fully saturated rings. The lowest BCUT2D eigenvalue weighted by Crippen LogP contribution is -2.38. The Labute approximate surface area is 187 Å². The van der Waals surface area contributed by atoms with Gasteiger partial charge in [0.15, 0.2) is 0 Å². The minimum Gasteiger partial charge on any atom is -0.384 e. The molecule has 3 aromatic heterocycles. The van der Waals surface area contributed by atoms with Crippen LogP contribution in [-0.4, -0.2) is 64.3 Å². The fourth-order valence-corrected chi connectivity index (χ4v) is 4.50. The number of aryl methyl sites for hydroxylation is 1. The van der Waals surface area contributed by atoms with E-state index in [0.29, 0.717) is 24.9 Å². The number of piperidine rings is 1. The van der Waals surface area contributed by atoms with E-state index in [2.05, 4.69) is 30.8 Å². The molecule has 0 spiro atoms. The van der Waals surface area contributed by atoms with Crippen LogP contribution >= 0.6 is 0 Å². The molecule has 0 aromatic carbocycles. The van der Waals surface area contributed by atoms with Gasteiger partial charge in [-0.05, 0) is 25.8 Å². The third-order valence-corrected chi connectivity index (χ3v) is 6.05. The lowest BCUT2D eigenvalue weighted by Gasteiger charge is -2.35. The number of nitrogens with zero attached hydrogens (tertiary/aromatic N) is 7. The molecule has 0 bridgehead atoms. The van der Waals surface area contributed by atoms with Gasteiger partial charge in [-0.2, -0.15) is 0 Å². The van der Waals surface area contributed by atoms with E-state index >= 15 is 0 Å². The zero-order valence-electron chi connectivity index (χ0n) is 18.3. The minimum atomic E-state index is 0.248. The predicted octanol–water partition coefficient (Wildman–Crippen LogP) is 2.44. The Balaban J connectivity index is 1.50. The number of nitrogen functional groups attached to an aromatic ring is 1. The van der Waals surface area contributed by atoms with Crippen molar-refractivity contribution in [2.24, 2.45) is 0 Å². The predicted molar refractivity (Wildman–Crippen MR) is 124 cm³/mol. The highest BCUT2D eigenvalue weighted by molar-refractivity contribution is 5.66. The molecule has 2 N–H and O–H groups in total.